The zero-order valence-corrected chi connectivity index (χ0v) is 9.16. The Morgan fingerprint density at radius 1 is 1.47 bits per heavy atom. The molecule has 4 heteroatoms. The van der Waals surface area contributed by atoms with Crippen molar-refractivity contribution in [3.05, 3.63) is 29.6 Å². The number of hydrogen-bond acceptors (Lipinski definition) is 3. The average Bonchev–Trinajstić information content (AvgIpc) is 2.21. The van der Waals surface area contributed by atoms with E-state index in [-0.39, 0.29) is 5.82 Å². The van der Waals surface area contributed by atoms with Crippen LogP contribution in [0.15, 0.2) is 18.2 Å². The number of hydrogen-bond donors (Lipinski definition) is 1. The first-order valence-corrected chi connectivity index (χ1v) is 4.85. The summed E-state index contributed by atoms with van der Waals surface area (Å²) in [6.07, 6.45) is 0. The number of nitrogens with two attached hydrogens (primary N) is 1. The normalized spacial score (nSPS) is 10.9. The topological polar surface area (TPSA) is 38.5 Å². The Kier molecular flexibility index (Phi) is 4.52. The number of ether oxygens (including phenoxy) is 1. The molecular weight excluding hydrogens is 195 g/mol. The van der Waals surface area contributed by atoms with Crippen molar-refractivity contribution in [3.63, 3.8) is 0 Å². The minimum Gasteiger partial charge on any atom is -0.398 e. The molecule has 1 aromatic carbocycles. The molecule has 1 aromatic rings. The highest BCUT2D eigenvalue weighted by atomic mass is 19.1. The van der Waals surface area contributed by atoms with Crippen LogP contribution in [0, 0.1) is 5.82 Å². The zero-order valence-electron chi connectivity index (χ0n) is 9.16. The Balaban J connectivity index is 2.63. The van der Waals surface area contributed by atoms with Gasteiger partial charge in [-0.15, -0.1) is 0 Å². The Morgan fingerprint density at radius 3 is 2.80 bits per heavy atom. The molecule has 0 saturated heterocycles. The van der Waals surface area contributed by atoms with E-state index in [2.05, 4.69) is 0 Å². The highest BCUT2D eigenvalue weighted by Gasteiger charge is 2.08. The molecular formula is C11H17FN2O. The molecule has 0 aromatic heterocycles. The minimum absolute atomic E-state index is 0.251. The molecule has 0 amide bonds. The lowest BCUT2D eigenvalue weighted by Gasteiger charge is -2.17. The quantitative estimate of drug-likeness (QED) is 0.751. The summed E-state index contributed by atoms with van der Waals surface area (Å²) in [6.45, 7) is 1.89. The molecule has 0 fully saturated rings. The summed E-state index contributed by atoms with van der Waals surface area (Å²) >= 11 is 0. The molecule has 0 radical (unpaired) electrons. The van der Waals surface area contributed by atoms with Crippen molar-refractivity contribution in [2.45, 2.75) is 6.54 Å². The molecule has 1 rings (SSSR count). The van der Waals surface area contributed by atoms with Gasteiger partial charge < -0.3 is 10.5 Å². The highest BCUT2D eigenvalue weighted by Crippen LogP contribution is 2.16. The number of anilines is 1. The predicted octanol–water partition coefficient (Wildman–Crippen LogP) is 1.49. The summed E-state index contributed by atoms with van der Waals surface area (Å²) in [7, 11) is 3.55. The van der Waals surface area contributed by atoms with Crippen molar-refractivity contribution in [2.24, 2.45) is 0 Å². The first-order valence-electron chi connectivity index (χ1n) is 4.85. The van der Waals surface area contributed by atoms with Gasteiger partial charge in [-0.3, -0.25) is 4.90 Å². The van der Waals surface area contributed by atoms with Gasteiger partial charge in [0.1, 0.15) is 5.82 Å². The standard InChI is InChI=1S/C11H17FN2O/c1-14(6-7-15-2)8-9-10(12)4-3-5-11(9)13/h3-5H,6-8,13H2,1-2H3. The van der Waals surface area contributed by atoms with Crippen LogP contribution in [0.3, 0.4) is 0 Å². The van der Waals surface area contributed by atoms with Crippen molar-refractivity contribution in [1.82, 2.24) is 4.90 Å². The van der Waals surface area contributed by atoms with Crippen molar-refractivity contribution in [3.8, 4) is 0 Å². The van der Waals surface area contributed by atoms with E-state index in [9.17, 15) is 4.39 Å². The Hall–Kier alpha value is -1.13. The van der Waals surface area contributed by atoms with Gasteiger partial charge in [-0.25, -0.2) is 4.39 Å². The van der Waals surface area contributed by atoms with Crippen LogP contribution in [0.25, 0.3) is 0 Å². The van der Waals surface area contributed by atoms with Crippen LogP contribution in [-0.2, 0) is 11.3 Å². The van der Waals surface area contributed by atoms with E-state index >= 15 is 0 Å². The molecule has 0 aliphatic carbocycles. The van der Waals surface area contributed by atoms with Gasteiger partial charge in [0.25, 0.3) is 0 Å². The maximum Gasteiger partial charge on any atom is 0.129 e. The summed E-state index contributed by atoms with van der Waals surface area (Å²) in [4.78, 5) is 1.97. The van der Waals surface area contributed by atoms with Crippen LogP contribution in [0.4, 0.5) is 10.1 Å². The van der Waals surface area contributed by atoms with Gasteiger partial charge in [0, 0.05) is 31.5 Å². The Morgan fingerprint density at radius 2 is 2.20 bits per heavy atom. The van der Waals surface area contributed by atoms with E-state index in [1.54, 1.807) is 19.2 Å². The number of nitrogens with zero attached hydrogens (tertiary/aromatic N) is 1. The third kappa shape index (κ3) is 3.49. The first kappa shape index (κ1) is 11.9. The van der Waals surface area contributed by atoms with Gasteiger partial charge in [0.15, 0.2) is 0 Å². The summed E-state index contributed by atoms with van der Waals surface area (Å²) in [5.74, 6) is -0.251. The largest absolute Gasteiger partial charge is 0.398 e. The number of halogens is 1. The highest BCUT2D eigenvalue weighted by molar-refractivity contribution is 5.47. The second-order valence-corrected chi connectivity index (χ2v) is 3.54. The maximum absolute atomic E-state index is 13.4. The van der Waals surface area contributed by atoms with E-state index < -0.39 is 0 Å². The van der Waals surface area contributed by atoms with E-state index in [4.69, 9.17) is 10.5 Å². The SMILES string of the molecule is COCCN(C)Cc1c(N)cccc1F. The van der Waals surface area contributed by atoms with Gasteiger partial charge in [-0.1, -0.05) is 6.07 Å². The lowest BCUT2D eigenvalue weighted by molar-refractivity contribution is 0.158. The summed E-state index contributed by atoms with van der Waals surface area (Å²) in [5, 5.41) is 0. The summed E-state index contributed by atoms with van der Waals surface area (Å²) < 4.78 is 18.3. The summed E-state index contributed by atoms with van der Waals surface area (Å²) in [5.41, 5.74) is 6.75. The number of rotatable bonds is 5. The minimum atomic E-state index is -0.251. The lowest BCUT2D eigenvalue weighted by atomic mass is 10.1. The molecule has 0 aliphatic heterocycles. The molecule has 0 aliphatic rings. The fourth-order valence-corrected chi connectivity index (χ4v) is 1.34. The molecule has 0 spiro atoms. The Bertz CT molecular complexity index is 297. The molecule has 0 heterocycles. The van der Waals surface area contributed by atoms with E-state index in [0.717, 1.165) is 6.54 Å². The van der Waals surface area contributed by atoms with Gasteiger partial charge >= 0.3 is 0 Å². The molecule has 15 heavy (non-hydrogen) atoms. The van der Waals surface area contributed by atoms with Crippen molar-refractivity contribution in [1.29, 1.82) is 0 Å². The Labute approximate surface area is 89.6 Å². The van der Waals surface area contributed by atoms with Crippen LogP contribution >= 0.6 is 0 Å². The maximum atomic E-state index is 13.4. The van der Waals surface area contributed by atoms with Crippen LogP contribution in [0.5, 0.6) is 0 Å². The second-order valence-electron chi connectivity index (χ2n) is 3.54. The van der Waals surface area contributed by atoms with E-state index in [1.165, 1.54) is 6.07 Å². The third-order valence-corrected chi connectivity index (χ3v) is 2.26. The smallest absolute Gasteiger partial charge is 0.129 e. The van der Waals surface area contributed by atoms with E-state index in [1.807, 2.05) is 11.9 Å². The van der Waals surface area contributed by atoms with Crippen LogP contribution < -0.4 is 5.73 Å². The lowest BCUT2D eigenvalue weighted by Crippen LogP contribution is -2.23. The fraction of sp³-hybridized carbons (Fsp3) is 0.455. The van der Waals surface area contributed by atoms with Gasteiger partial charge in [-0.2, -0.15) is 0 Å². The van der Waals surface area contributed by atoms with Crippen molar-refractivity contribution >= 4 is 5.69 Å². The number of likely N-dealkylation sites (N-methyl/N-ethyl adjacent to an activating group) is 1. The van der Waals surface area contributed by atoms with Gasteiger partial charge in [0.2, 0.25) is 0 Å². The first-order chi connectivity index (χ1) is 7.15. The molecule has 2 N–H and O–H groups in total. The molecule has 0 bridgehead atoms. The molecule has 0 unspecified atom stereocenters. The van der Waals surface area contributed by atoms with Crippen molar-refractivity contribution < 1.29 is 9.13 Å². The van der Waals surface area contributed by atoms with E-state index in [0.29, 0.717) is 24.4 Å². The molecule has 84 valence electrons. The van der Waals surface area contributed by atoms with Crippen LogP contribution in [-0.4, -0.2) is 32.2 Å². The number of benzene rings is 1. The molecule has 0 saturated carbocycles. The predicted molar refractivity (Wildman–Crippen MR) is 59.0 cm³/mol. The van der Waals surface area contributed by atoms with Crippen LogP contribution in [0.2, 0.25) is 0 Å². The molecule has 0 atom stereocenters. The average molecular weight is 212 g/mol. The van der Waals surface area contributed by atoms with Crippen LogP contribution in [0.1, 0.15) is 5.56 Å². The number of methoxy groups -OCH3 is 1. The zero-order chi connectivity index (χ0) is 11.3. The number of nitrogen functional groups attached to an aromatic ring is 1. The van der Waals surface area contributed by atoms with Crippen molar-refractivity contribution in [2.75, 3.05) is 33.0 Å². The van der Waals surface area contributed by atoms with Gasteiger partial charge in [-0.05, 0) is 19.2 Å². The molecule has 3 nitrogen and oxygen atoms in total. The summed E-state index contributed by atoms with van der Waals surface area (Å²) in [6, 6.07) is 4.75. The third-order valence-electron chi connectivity index (χ3n) is 2.26. The fourth-order valence-electron chi connectivity index (χ4n) is 1.34. The monoisotopic (exact) mass is 212 g/mol. The second kappa shape index (κ2) is 5.68. The van der Waals surface area contributed by atoms with Gasteiger partial charge in [0.05, 0.1) is 6.61 Å².